The normalized spacial score (nSPS) is 12.2. The average molecular weight is 338 g/mol. The van der Waals surface area contributed by atoms with Gasteiger partial charge in [-0.3, -0.25) is 5.32 Å². The second kappa shape index (κ2) is 7.30. The molecule has 3 aromatic rings. The lowest BCUT2D eigenvalue weighted by molar-refractivity contribution is 0.209. The van der Waals surface area contributed by atoms with E-state index in [0.29, 0.717) is 5.56 Å². The zero-order valence-corrected chi connectivity index (χ0v) is 13.9. The van der Waals surface area contributed by atoms with Crippen LogP contribution in [0.2, 0.25) is 0 Å². The first-order valence-corrected chi connectivity index (χ1v) is 8.20. The third-order valence-corrected chi connectivity index (χ3v) is 3.82. The van der Waals surface area contributed by atoms with Gasteiger partial charge in [0.2, 0.25) is 0 Å². The van der Waals surface area contributed by atoms with E-state index in [1.165, 1.54) is 25.3 Å². The Kier molecular flexibility index (Phi) is 4.93. The highest BCUT2D eigenvalue weighted by molar-refractivity contribution is 5.91. The van der Waals surface area contributed by atoms with Gasteiger partial charge in [0, 0.05) is 17.1 Å². The van der Waals surface area contributed by atoms with Crippen LogP contribution >= 0.6 is 0 Å². The SMILES string of the molecule is C1CC1.Cc1cccc(F)c1-c1ccc2cc(NC(=O)O)ncc2c1. The first kappa shape index (κ1) is 16.9. The molecule has 0 bridgehead atoms. The number of benzene rings is 2. The van der Waals surface area contributed by atoms with Gasteiger partial charge >= 0.3 is 6.09 Å². The van der Waals surface area contributed by atoms with Crippen molar-refractivity contribution >= 4 is 22.7 Å². The zero-order valence-electron chi connectivity index (χ0n) is 13.9. The van der Waals surface area contributed by atoms with Crippen molar-refractivity contribution in [2.24, 2.45) is 0 Å². The molecule has 0 aliphatic heterocycles. The van der Waals surface area contributed by atoms with E-state index in [9.17, 15) is 9.18 Å². The van der Waals surface area contributed by atoms with Crippen LogP contribution in [0.25, 0.3) is 21.9 Å². The number of aromatic nitrogens is 1. The molecule has 1 fully saturated rings. The number of amides is 1. The summed E-state index contributed by atoms with van der Waals surface area (Å²) in [7, 11) is 0. The molecule has 1 aliphatic carbocycles. The van der Waals surface area contributed by atoms with Crippen molar-refractivity contribution in [3.8, 4) is 11.1 Å². The maximum atomic E-state index is 14.1. The number of aryl methyl sites for hydroxylation is 1. The smallest absolute Gasteiger partial charge is 0.410 e. The number of nitrogens with one attached hydrogen (secondary N) is 1. The van der Waals surface area contributed by atoms with Crippen LogP contribution in [0.5, 0.6) is 0 Å². The van der Waals surface area contributed by atoms with E-state index in [4.69, 9.17) is 5.11 Å². The van der Waals surface area contributed by atoms with Crippen LogP contribution in [-0.4, -0.2) is 16.2 Å². The molecule has 1 amide bonds. The molecule has 4 nitrogen and oxygen atoms in total. The summed E-state index contributed by atoms with van der Waals surface area (Å²) in [5.41, 5.74) is 2.19. The third kappa shape index (κ3) is 4.32. The van der Waals surface area contributed by atoms with Crippen LogP contribution in [0.3, 0.4) is 0 Å². The fraction of sp³-hybridized carbons (Fsp3) is 0.200. The Bertz CT molecular complexity index is 900. The van der Waals surface area contributed by atoms with Gasteiger partial charge in [-0.05, 0) is 41.6 Å². The number of carbonyl (C=O) groups is 1. The monoisotopic (exact) mass is 338 g/mol. The first-order valence-electron chi connectivity index (χ1n) is 8.20. The lowest BCUT2D eigenvalue weighted by Crippen LogP contribution is -2.08. The summed E-state index contributed by atoms with van der Waals surface area (Å²) in [6.45, 7) is 1.86. The maximum absolute atomic E-state index is 14.1. The molecule has 2 N–H and O–H groups in total. The van der Waals surface area contributed by atoms with E-state index in [2.05, 4.69) is 10.3 Å². The van der Waals surface area contributed by atoms with Crippen LogP contribution in [0.1, 0.15) is 24.8 Å². The van der Waals surface area contributed by atoms with Gasteiger partial charge in [-0.2, -0.15) is 0 Å². The average Bonchev–Trinajstić information content (AvgIpc) is 3.43. The summed E-state index contributed by atoms with van der Waals surface area (Å²) < 4.78 is 14.1. The van der Waals surface area contributed by atoms with Crippen LogP contribution in [-0.2, 0) is 0 Å². The molecule has 1 saturated carbocycles. The molecule has 0 unspecified atom stereocenters. The van der Waals surface area contributed by atoms with Gasteiger partial charge in [-0.25, -0.2) is 14.2 Å². The van der Waals surface area contributed by atoms with Crippen molar-refractivity contribution < 1.29 is 14.3 Å². The van der Waals surface area contributed by atoms with Crippen molar-refractivity contribution in [2.75, 3.05) is 5.32 Å². The molecule has 0 radical (unpaired) electrons. The Morgan fingerprint density at radius 2 is 1.88 bits per heavy atom. The van der Waals surface area contributed by atoms with Crippen LogP contribution < -0.4 is 5.32 Å². The highest BCUT2D eigenvalue weighted by Gasteiger charge is 2.09. The Morgan fingerprint density at radius 3 is 2.52 bits per heavy atom. The number of anilines is 1. The fourth-order valence-corrected chi connectivity index (χ4v) is 2.47. The minimum atomic E-state index is -1.16. The van der Waals surface area contributed by atoms with Gasteiger partial charge < -0.3 is 5.11 Å². The molecule has 5 heteroatoms. The number of hydrogen-bond acceptors (Lipinski definition) is 2. The summed E-state index contributed by atoms with van der Waals surface area (Å²) >= 11 is 0. The standard InChI is InChI=1S/C17H13FN2O2.C3H6/c1-10-3-2-4-14(18)16(10)12-6-5-11-8-15(20-17(21)22)19-9-13(11)7-12;1-2-3-1/h2-9H,1H3,(H,19,20)(H,21,22);1-3H2. The molecule has 1 aliphatic rings. The molecule has 1 heterocycles. The van der Waals surface area contributed by atoms with E-state index in [1.54, 1.807) is 18.3 Å². The van der Waals surface area contributed by atoms with Crippen LogP contribution in [0, 0.1) is 12.7 Å². The topological polar surface area (TPSA) is 62.2 Å². The Labute approximate surface area is 145 Å². The van der Waals surface area contributed by atoms with Crippen molar-refractivity contribution in [2.45, 2.75) is 26.2 Å². The predicted octanol–water partition coefficient (Wildman–Crippen LogP) is 5.61. The lowest BCUT2D eigenvalue weighted by atomic mass is 9.98. The quantitative estimate of drug-likeness (QED) is 0.638. The van der Waals surface area contributed by atoms with Gasteiger partial charge in [0.25, 0.3) is 0 Å². The fourth-order valence-electron chi connectivity index (χ4n) is 2.47. The Morgan fingerprint density at radius 1 is 1.12 bits per heavy atom. The molecular weight excluding hydrogens is 319 g/mol. The molecule has 128 valence electrons. The van der Waals surface area contributed by atoms with Gasteiger partial charge in [0.15, 0.2) is 0 Å². The molecule has 0 saturated heterocycles. The highest BCUT2D eigenvalue weighted by atomic mass is 19.1. The summed E-state index contributed by atoms with van der Waals surface area (Å²) in [5, 5.41) is 12.6. The summed E-state index contributed by atoms with van der Waals surface area (Å²) in [5.74, 6) is -0.00806. The van der Waals surface area contributed by atoms with Crippen LogP contribution in [0.4, 0.5) is 15.0 Å². The molecule has 2 aromatic carbocycles. The number of rotatable bonds is 2. The minimum Gasteiger partial charge on any atom is -0.465 e. The Hall–Kier alpha value is -2.95. The summed E-state index contributed by atoms with van der Waals surface area (Å²) in [4.78, 5) is 14.7. The maximum Gasteiger partial charge on any atom is 0.410 e. The number of fused-ring (bicyclic) bond motifs is 1. The van der Waals surface area contributed by atoms with Crippen molar-refractivity contribution in [3.63, 3.8) is 0 Å². The summed E-state index contributed by atoms with van der Waals surface area (Å²) in [6.07, 6.45) is 4.91. The largest absolute Gasteiger partial charge is 0.465 e. The molecule has 0 atom stereocenters. The highest BCUT2D eigenvalue weighted by Crippen LogP contribution is 2.29. The van der Waals surface area contributed by atoms with Gasteiger partial charge in [-0.15, -0.1) is 0 Å². The van der Waals surface area contributed by atoms with Gasteiger partial charge in [0.05, 0.1) is 0 Å². The molecular formula is C20H19FN2O2. The Balaban J connectivity index is 0.000000549. The third-order valence-electron chi connectivity index (χ3n) is 3.82. The minimum absolute atomic E-state index is 0.259. The van der Waals surface area contributed by atoms with E-state index in [1.807, 2.05) is 31.2 Å². The number of nitrogens with zero attached hydrogens (tertiary/aromatic N) is 1. The molecule has 25 heavy (non-hydrogen) atoms. The van der Waals surface area contributed by atoms with E-state index < -0.39 is 6.09 Å². The van der Waals surface area contributed by atoms with E-state index in [-0.39, 0.29) is 11.6 Å². The van der Waals surface area contributed by atoms with E-state index in [0.717, 1.165) is 21.9 Å². The second-order valence-corrected chi connectivity index (χ2v) is 6.05. The van der Waals surface area contributed by atoms with E-state index >= 15 is 0 Å². The number of carboxylic acid groups (broad SMARTS) is 1. The predicted molar refractivity (Wildman–Crippen MR) is 97.4 cm³/mol. The molecule has 0 spiro atoms. The number of pyridine rings is 1. The van der Waals surface area contributed by atoms with Crippen molar-refractivity contribution in [3.05, 3.63) is 60.0 Å². The first-order chi connectivity index (χ1) is 12.0. The van der Waals surface area contributed by atoms with Gasteiger partial charge in [0.1, 0.15) is 11.6 Å². The molecule has 4 rings (SSSR count). The molecule has 1 aromatic heterocycles. The number of hydrogen-bond donors (Lipinski definition) is 2. The van der Waals surface area contributed by atoms with Crippen molar-refractivity contribution in [1.29, 1.82) is 0 Å². The van der Waals surface area contributed by atoms with Crippen LogP contribution in [0.15, 0.2) is 48.7 Å². The van der Waals surface area contributed by atoms with Crippen molar-refractivity contribution in [1.82, 2.24) is 4.98 Å². The zero-order chi connectivity index (χ0) is 17.8. The lowest BCUT2D eigenvalue weighted by Gasteiger charge is -2.09. The second-order valence-electron chi connectivity index (χ2n) is 6.05. The van der Waals surface area contributed by atoms with Gasteiger partial charge in [-0.1, -0.05) is 43.5 Å². The number of halogens is 1. The summed E-state index contributed by atoms with van der Waals surface area (Å²) in [6, 6.07) is 12.1.